The molecule has 6 aromatic carbocycles. The molecule has 0 N–H and O–H groups in total. The maximum Gasteiger partial charge on any atom is 0.115 e. The average Bonchev–Trinajstić information content (AvgIpc) is 3.90. The zero-order valence-electron chi connectivity index (χ0n) is 29.6. The Morgan fingerprint density at radius 2 is 1.53 bits per heavy atom. The van der Waals surface area contributed by atoms with Gasteiger partial charge in [-0.05, 0) is 70.8 Å². The van der Waals surface area contributed by atoms with Gasteiger partial charge < -0.3 is 4.57 Å². The van der Waals surface area contributed by atoms with Crippen LogP contribution in [0.3, 0.4) is 0 Å². The van der Waals surface area contributed by atoms with Gasteiger partial charge in [0.1, 0.15) is 12.5 Å². The fourth-order valence-corrected chi connectivity index (χ4v) is 11.1. The van der Waals surface area contributed by atoms with Crippen LogP contribution in [0.2, 0.25) is 0 Å². The van der Waals surface area contributed by atoms with Gasteiger partial charge in [0.15, 0.2) is 0 Å². The van der Waals surface area contributed by atoms with Crippen molar-refractivity contribution in [3.05, 3.63) is 161 Å². The third-order valence-corrected chi connectivity index (χ3v) is 13.4. The summed E-state index contributed by atoms with van der Waals surface area (Å²) in [5.74, 6) is -0.0811. The summed E-state index contributed by atoms with van der Waals surface area (Å²) in [5.41, 5.74) is 8.28. The molecule has 0 atom stereocenters. The van der Waals surface area contributed by atoms with Crippen molar-refractivity contribution < 1.29 is 4.39 Å². The van der Waals surface area contributed by atoms with Crippen LogP contribution in [0.25, 0.3) is 79.9 Å². The van der Waals surface area contributed by atoms with Crippen LogP contribution in [0.1, 0.15) is 28.1 Å². The largest absolute Gasteiger partial charge is 0.323 e. The molecule has 4 nitrogen and oxygen atoms in total. The van der Waals surface area contributed by atoms with Gasteiger partial charge in [0, 0.05) is 72.0 Å². The predicted molar refractivity (Wildman–Crippen MR) is 234 cm³/mol. The summed E-state index contributed by atoms with van der Waals surface area (Å²) >= 11 is 3.51. The number of aliphatic imine (C=N–C) groups is 2. The highest BCUT2D eigenvalue weighted by Crippen LogP contribution is 2.49. The van der Waals surface area contributed by atoms with E-state index in [9.17, 15) is 0 Å². The number of benzene rings is 6. The maximum atomic E-state index is 15.3. The lowest BCUT2D eigenvalue weighted by Crippen LogP contribution is -2.09. The second-order valence-electron chi connectivity index (χ2n) is 14.0. The van der Waals surface area contributed by atoms with Crippen molar-refractivity contribution in [3.63, 3.8) is 0 Å². The van der Waals surface area contributed by atoms with E-state index in [1.54, 1.807) is 17.4 Å². The number of rotatable bonds is 6. The van der Waals surface area contributed by atoms with Gasteiger partial charge in [0.25, 0.3) is 0 Å². The van der Waals surface area contributed by atoms with Crippen LogP contribution in [0.15, 0.2) is 150 Å². The van der Waals surface area contributed by atoms with Gasteiger partial charge in [-0.2, -0.15) is 0 Å². The molecular weight excluding hydrogens is 716 g/mol. The topological polar surface area (TPSA) is 42.5 Å². The molecule has 0 aliphatic heterocycles. The Kier molecular flexibility index (Phi) is 7.40. The van der Waals surface area contributed by atoms with Crippen molar-refractivity contribution in [1.82, 2.24) is 9.55 Å². The van der Waals surface area contributed by atoms with Gasteiger partial charge in [-0.25, -0.2) is 4.39 Å². The van der Waals surface area contributed by atoms with Gasteiger partial charge in [-0.15, -0.1) is 22.7 Å². The second kappa shape index (κ2) is 12.7. The number of hydrogen-bond acceptors (Lipinski definition) is 5. The molecule has 262 valence electrons. The second-order valence-corrected chi connectivity index (χ2v) is 16.1. The SMILES string of the molecule is C=Nc1c(/C(=N\Cn2c3c(c4c5ccccc5c5c6cc(-c7cccc8cnccc78)ccc6sc5c42)C=C(F)CC3)c2ccccc2)sc2ccccc12. The molecule has 4 heterocycles. The van der Waals surface area contributed by atoms with E-state index < -0.39 is 0 Å². The highest BCUT2D eigenvalue weighted by molar-refractivity contribution is 7.27. The predicted octanol–water partition coefficient (Wildman–Crippen LogP) is 13.7. The lowest BCUT2D eigenvalue weighted by atomic mass is 9.94. The molecule has 0 amide bonds. The van der Waals surface area contributed by atoms with Crippen molar-refractivity contribution in [3.8, 4) is 11.1 Å². The van der Waals surface area contributed by atoms with Crippen molar-refractivity contribution in [2.45, 2.75) is 19.5 Å². The molecule has 7 heteroatoms. The zero-order valence-corrected chi connectivity index (χ0v) is 31.2. The van der Waals surface area contributed by atoms with Crippen LogP contribution >= 0.6 is 22.7 Å². The Bertz CT molecular complexity index is 3270. The molecule has 0 saturated carbocycles. The van der Waals surface area contributed by atoms with E-state index in [-0.39, 0.29) is 5.83 Å². The third-order valence-electron chi connectivity index (χ3n) is 11.0. The molecule has 1 aliphatic carbocycles. The number of hydrogen-bond donors (Lipinski definition) is 0. The maximum absolute atomic E-state index is 15.3. The summed E-state index contributed by atoms with van der Waals surface area (Å²) in [6.45, 7) is 4.35. The molecule has 4 aromatic heterocycles. The molecule has 11 rings (SSSR count). The number of pyridine rings is 1. The lowest BCUT2D eigenvalue weighted by molar-refractivity contribution is 0.578. The number of halogens is 1. The van der Waals surface area contributed by atoms with Crippen molar-refractivity contribution in [2.24, 2.45) is 9.98 Å². The number of fused-ring (bicyclic) bond motifs is 12. The highest BCUT2D eigenvalue weighted by atomic mass is 32.1. The Labute approximate surface area is 323 Å². The summed E-state index contributed by atoms with van der Waals surface area (Å²) in [5, 5.41) is 9.21. The Morgan fingerprint density at radius 3 is 2.38 bits per heavy atom. The third kappa shape index (κ3) is 4.97. The fraction of sp³-hybridized carbons (Fsp3) is 0.0625. The summed E-state index contributed by atoms with van der Waals surface area (Å²) in [6, 6.07) is 42.7. The van der Waals surface area contributed by atoms with Gasteiger partial charge in [-0.3, -0.25) is 15.0 Å². The molecular formula is C48H31FN4S2. The number of allylic oxidation sites excluding steroid dienone is 1. The first-order chi connectivity index (χ1) is 27.2. The minimum Gasteiger partial charge on any atom is -0.323 e. The number of thiophene rings is 2. The minimum absolute atomic E-state index is 0.0811. The molecule has 0 bridgehead atoms. The summed E-state index contributed by atoms with van der Waals surface area (Å²) in [4.78, 5) is 15.4. The molecule has 1 aliphatic rings. The van der Waals surface area contributed by atoms with E-state index in [0.29, 0.717) is 19.5 Å². The minimum atomic E-state index is -0.0811. The molecule has 0 spiro atoms. The summed E-state index contributed by atoms with van der Waals surface area (Å²) < 4.78 is 21.3. The summed E-state index contributed by atoms with van der Waals surface area (Å²) in [7, 11) is 0. The first-order valence-electron chi connectivity index (χ1n) is 18.4. The van der Waals surface area contributed by atoms with Crippen molar-refractivity contribution >= 4 is 110 Å². The lowest BCUT2D eigenvalue weighted by Gasteiger charge is -2.14. The van der Waals surface area contributed by atoms with E-state index in [2.05, 4.69) is 130 Å². The average molecular weight is 747 g/mol. The number of nitrogens with zero attached hydrogens (tertiary/aromatic N) is 4. The van der Waals surface area contributed by atoms with Gasteiger partial charge >= 0.3 is 0 Å². The van der Waals surface area contributed by atoms with E-state index in [4.69, 9.17) is 4.99 Å². The van der Waals surface area contributed by atoms with Crippen LogP contribution in [0.5, 0.6) is 0 Å². The first-order valence-corrected chi connectivity index (χ1v) is 20.0. The van der Waals surface area contributed by atoms with E-state index in [1.165, 1.54) is 42.1 Å². The first kappa shape index (κ1) is 32.2. The molecule has 0 radical (unpaired) electrons. The van der Waals surface area contributed by atoms with E-state index in [1.807, 2.05) is 35.9 Å². The van der Waals surface area contributed by atoms with Gasteiger partial charge in [0.2, 0.25) is 0 Å². The van der Waals surface area contributed by atoms with E-state index >= 15 is 4.39 Å². The van der Waals surface area contributed by atoms with Crippen molar-refractivity contribution in [2.75, 3.05) is 0 Å². The Morgan fingerprint density at radius 1 is 0.745 bits per heavy atom. The van der Waals surface area contributed by atoms with Crippen LogP contribution in [-0.2, 0) is 13.1 Å². The monoisotopic (exact) mass is 746 g/mol. The highest BCUT2D eigenvalue weighted by Gasteiger charge is 2.27. The van der Waals surface area contributed by atoms with Gasteiger partial charge in [-0.1, -0.05) is 97.1 Å². The standard InChI is InChI=1S/C48H31FN4S2/c1-50-45-36-15-7-8-17-40(36)55-48(45)44(28-10-3-2-4-11-28)52-27-53-39-20-19-31(49)25-37(39)42-34-13-5-6-14-35(34)43-38-24-29(18-21-41(38)54-47(43)46(42)53)32-16-9-12-30-26-51-23-22-33(30)32/h2-18,21-26H,1,19-20,27H2/b52-44-. The molecule has 0 unspecified atom stereocenters. The van der Waals surface area contributed by atoms with Crippen LogP contribution in [0.4, 0.5) is 10.1 Å². The number of aromatic nitrogens is 2. The summed E-state index contributed by atoms with van der Waals surface area (Å²) in [6.07, 6.45) is 6.53. The van der Waals surface area contributed by atoms with Crippen LogP contribution < -0.4 is 0 Å². The van der Waals surface area contributed by atoms with E-state index in [0.717, 1.165) is 64.9 Å². The quantitative estimate of drug-likeness (QED) is 0.156. The van der Waals surface area contributed by atoms with Crippen LogP contribution in [-0.4, -0.2) is 22.0 Å². The smallest absolute Gasteiger partial charge is 0.115 e. The molecule has 55 heavy (non-hydrogen) atoms. The molecule has 0 saturated heterocycles. The van der Waals surface area contributed by atoms with Crippen molar-refractivity contribution in [1.29, 1.82) is 0 Å². The molecule has 0 fully saturated rings. The van der Waals surface area contributed by atoms with Gasteiger partial charge in [0.05, 0.1) is 26.5 Å². The zero-order chi connectivity index (χ0) is 36.6. The molecule has 10 aromatic rings. The Hall–Kier alpha value is -6.28. The van der Waals surface area contributed by atoms with Crippen LogP contribution in [0, 0.1) is 0 Å². The Balaban J connectivity index is 1.20. The normalized spacial score (nSPS) is 13.4. The fourth-order valence-electron chi connectivity index (χ4n) is 8.62.